The summed E-state index contributed by atoms with van der Waals surface area (Å²) in [6.45, 7) is 4.32. The van der Waals surface area contributed by atoms with Crippen LogP contribution in [0.3, 0.4) is 0 Å². The number of benzene rings is 1. The summed E-state index contributed by atoms with van der Waals surface area (Å²) in [5.41, 5.74) is 0.904. The van der Waals surface area contributed by atoms with Crippen molar-refractivity contribution in [3.63, 3.8) is 0 Å². The van der Waals surface area contributed by atoms with Gasteiger partial charge in [-0.1, -0.05) is 43.5 Å². The first kappa shape index (κ1) is 12.8. The van der Waals surface area contributed by atoms with E-state index in [1.165, 1.54) is 0 Å². The Hall–Kier alpha value is -0.600. The smallest absolute Gasteiger partial charge is 0.161 e. The van der Waals surface area contributed by atoms with Crippen molar-refractivity contribution in [3.8, 4) is 5.75 Å². The average molecular weight is 274 g/mol. The van der Waals surface area contributed by atoms with Crippen molar-refractivity contribution in [2.45, 2.75) is 45.3 Å². The number of hydrogen-bond acceptors (Lipinski definition) is 2. The van der Waals surface area contributed by atoms with Gasteiger partial charge in [0, 0.05) is 5.02 Å². The Bertz CT molecular complexity index is 409. The van der Waals surface area contributed by atoms with Crippen LogP contribution in [0.25, 0.3) is 0 Å². The molecule has 2 nitrogen and oxygen atoms in total. The van der Waals surface area contributed by atoms with Gasteiger partial charge in [-0.05, 0) is 25.0 Å². The van der Waals surface area contributed by atoms with E-state index in [1.54, 1.807) is 6.07 Å². The number of ether oxygens (including phenoxy) is 1. The average Bonchev–Trinajstić information content (AvgIpc) is 2.29. The van der Waals surface area contributed by atoms with Crippen LogP contribution in [0.15, 0.2) is 12.1 Å². The second kappa shape index (κ2) is 5.36. The molecule has 1 aromatic rings. The second-order valence-electron chi connectivity index (χ2n) is 4.37. The van der Waals surface area contributed by atoms with Gasteiger partial charge in [-0.3, -0.25) is 0 Å². The van der Waals surface area contributed by atoms with Crippen molar-refractivity contribution < 1.29 is 4.74 Å². The summed E-state index contributed by atoms with van der Waals surface area (Å²) in [5, 5.41) is 4.68. The van der Waals surface area contributed by atoms with Crippen molar-refractivity contribution >= 4 is 28.9 Å². The minimum Gasteiger partial charge on any atom is -0.485 e. The lowest BCUT2D eigenvalue weighted by atomic mass is 10.0. The third-order valence-electron chi connectivity index (χ3n) is 3.08. The molecule has 0 radical (unpaired) electrons. The fraction of sp³-hybridized carbons (Fsp3) is 0.538. The van der Waals surface area contributed by atoms with E-state index in [-0.39, 0.29) is 6.10 Å². The Kier molecular flexibility index (Phi) is 4.05. The summed E-state index contributed by atoms with van der Waals surface area (Å²) >= 11 is 12.1. The summed E-state index contributed by atoms with van der Waals surface area (Å²) in [6, 6.07) is 3.92. The van der Waals surface area contributed by atoms with Crippen LogP contribution in [0.4, 0.5) is 5.69 Å². The normalized spacial score (nSPS) is 22.6. The van der Waals surface area contributed by atoms with Gasteiger partial charge in [-0.25, -0.2) is 0 Å². The third kappa shape index (κ3) is 2.63. The van der Waals surface area contributed by atoms with Crippen molar-refractivity contribution in [2.75, 3.05) is 5.32 Å². The summed E-state index contributed by atoms with van der Waals surface area (Å²) in [6.07, 6.45) is 3.35. The highest BCUT2D eigenvalue weighted by Gasteiger charge is 2.29. The molecule has 0 saturated heterocycles. The first-order chi connectivity index (χ1) is 8.15. The minimum absolute atomic E-state index is 0.191. The van der Waals surface area contributed by atoms with Crippen LogP contribution in [0.1, 0.15) is 33.1 Å². The van der Waals surface area contributed by atoms with Crippen LogP contribution in [-0.4, -0.2) is 12.1 Å². The molecule has 0 spiro atoms. The molecule has 0 fully saturated rings. The Morgan fingerprint density at radius 1 is 1.29 bits per heavy atom. The largest absolute Gasteiger partial charge is 0.485 e. The van der Waals surface area contributed by atoms with Gasteiger partial charge in [-0.2, -0.15) is 0 Å². The molecular formula is C13H17Cl2NO. The third-order valence-corrected chi connectivity index (χ3v) is 3.58. The summed E-state index contributed by atoms with van der Waals surface area (Å²) in [4.78, 5) is 0. The Morgan fingerprint density at radius 3 is 2.71 bits per heavy atom. The summed E-state index contributed by atoms with van der Waals surface area (Å²) in [5.74, 6) is 0.735. The van der Waals surface area contributed by atoms with Gasteiger partial charge in [0.1, 0.15) is 6.10 Å². The molecule has 2 atom stereocenters. The number of anilines is 1. The predicted molar refractivity (Wildman–Crippen MR) is 73.5 cm³/mol. The van der Waals surface area contributed by atoms with Crippen LogP contribution in [0.2, 0.25) is 10.0 Å². The first-order valence-electron chi connectivity index (χ1n) is 6.08. The molecule has 0 aromatic heterocycles. The predicted octanol–water partition coefficient (Wildman–Crippen LogP) is 4.75. The number of rotatable bonds is 3. The quantitative estimate of drug-likeness (QED) is 0.859. The van der Waals surface area contributed by atoms with Crippen molar-refractivity contribution in [1.29, 1.82) is 0 Å². The number of hydrogen-bond donors (Lipinski definition) is 1. The maximum absolute atomic E-state index is 6.15. The monoisotopic (exact) mass is 273 g/mol. The number of nitrogens with one attached hydrogen (secondary N) is 1. The molecule has 1 aliphatic heterocycles. The van der Waals surface area contributed by atoms with E-state index >= 15 is 0 Å². The highest BCUT2D eigenvalue weighted by Crippen LogP contribution is 2.41. The Labute approximate surface area is 112 Å². The topological polar surface area (TPSA) is 21.3 Å². The summed E-state index contributed by atoms with van der Waals surface area (Å²) in [7, 11) is 0. The maximum Gasteiger partial charge on any atom is 0.161 e. The van der Waals surface area contributed by atoms with Gasteiger partial charge in [0.2, 0.25) is 0 Å². The molecule has 1 aliphatic rings. The molecule has 1 aromatic carbocycles. The Balaban J connectivity index is 2.32. The molecule has 94 valence electrons. The molecule has 4 heteroatoms. The van der Waals surface area contributed by atoms with Crippen LogP contribution >= 0.6 is 23.2 Å². The lowest BCUT2D eigenvalue weighted by molar-refractivity contribution is 0.155. The van der Waals surface area contributed by atoms with Crippen LogP contribution in [0, 0.1) is 0 Å². The SMILES string of the molecule is CCCC1Oc2c(Cl)cc(Cl)cc2NC1CC. The fourth-order valence-electron chi connectivity index (χ4n) is 2.22. The van der Waals surface area contributed by atoms with E-state index in [9.17, 15) is 0 Å². The molecular weight excluding hydrogens is 257 g/mol. The molecule has 0 amide bonds. The van der Waals surface area contributed by atoms with E-state index in [2.05, 4.69) is 19.2 Å². The molecule has 2 unspecified atom stereocenters. The standard InChI is InChI=1S/C13H17Cl2NO/c1-3-5-12-10(4-2)16-11-7-8(14)6-9(15)13(11)17-12/h6-7,10,12,16H,3-5H2,1-2H3. The number of fused-ring (bicyclic) bond motifs is 1. The van der Waals surface area contributed by atoms with Gasteiger partial charge < -0.3 is 10.1 Å². The highest BCUT2D eigenvalue weighted by molar-refractivity contribution is 6.36. The first-order valence-corrected chi connectivity index (χ1v) is 6.83. The van der Waals surface area contributed by atoms with Gasteiger partial charge in [0.25, 0.3) is 0 Å². The fourth-order valence-corrected chi connectivity index (χ4v) is 2.76. The Morgan fingerprint density at radius 2 is 2.06 bits per heavy atom. The van der Waals surface area contributed by atoms with Crippen molar-refractivity contribution in [2.24, 2.45) is 0 Å². The zero-order valence-electron chi connectivity index (χ0n) is 10.1. The van der Waals surface area contributed by atoms with Gasteiger partial charge >= 0.3 is 0 Å². The van der Waals surface area contributed by atoms with Crippen molar-refractivity contribution in [1.82, 2.24) is 0 Å². The second-order valence-corrected chi connectivity index (χ2v) is 5.21. The van der Waals surface area contributed by atoms with Gasteiger partial charge in [0.05, 0.1) is 16.8 Å². The van der Waals surface area contributed by atoms with E-state index in [1.807, 2.05) is 6.07 Å². The highest BCUT2D eigenvalue weighted by atomic mass is 35.5. The molecule has 17 heavy (non-hydrogen) atoms. The maximum atomic E-state index is 6.15. The van der Waals surface area contributed by atoms with Crippen LogP contribution in [-0.2, 0) is 0 Å². The van der Waals surface area contributed by atoms with Crippen molar-refractivity contribution in [3.05, 3.63) is 22.2 Å². The molecule has 1 heterocycles. The lowest BCUT2D eigenvalue weighted by Crippen LogP contribution is -2.41. The van der Waals surface area contributed by atoms with E-state index in [0.717, 1.165) is 30.7 Å². The molecule has 0 aliphatic carbocycles. The molecule has 1 N–H and O–H groups in total. The molecule has 0 saturated carbocycles. The van der Waals surface area contributed by atoms with E-state index in [0.29, 0.717) is 16.1 Å². The molecule has 2 rings (SSSR count). The van der Waals surface area contributed by atoms with E-state index in [4.69, 9.17) is 27.9 Å². The zero-order chi connectivity index (χ0) is 12.4. The lowest BCUT2D eigenvalue weighted by Gasteiger charge is -2.35. The minimum atomic E-state index is 0.191. The number of halogens is 2. The van der Waals surface area contributed by atoms with Crippen LogP contribution < -0.4 is 10.1 Å². The van der Waals surface area contributed by atoms with E-state index < -0.39 is 0 Å². The van der Waals surface area contributed by atoms with Gasteiger partial charge in [-0.15, -0.1) is 0 Å². The van der Waals surface area contributed by atoms with Crippen LogP contribution in [0.5, 0.6) is 5.75 Å². The zero-order valence-corrected chi connectivity index (χ0v) is 11.6. The summed E-state index contributed by atoms with van der Waals surface area (Å²) < 4.78 is 6.01. The molecule has 0 bridgehead atoms. The van der Waals surface area contributed by atoms with Gasteiger partial charge in [0.15, 0.2) is 5.75 Å².